The molecule has 0 fully saturated rings. The van der Waals surface area contributed by atoms with E-state index in [0.29, 0.717) is 6.54 Å². The number of nitriles is 1. The minimum atomic E-state index is -0.578. The molecule has 0 heterocycles. The Hall–Kier alpha value is -1.82. The monoisotopic (exact) mass is 258 g/mol. The average Bonchev–Trinajstić information content (AvgIpc) is 2.27. The molecule has 0 aliphatic heterocycles. The normalized spacial score (nSPS) is 12.1. The molecular weight excluding hydrogens is 236 g/mol. The predicted molar refractivity (Wildman–Crippen MR) is 76.4 cm³/mol. The summed E-state index contributed by atoms with van der Waals surface area (Å²) in [6.45, 7) is 10.4. The Morgan fingerprint density at radius 2 is 1.79 bits per heavy atom. The Balaban J connectivity index is 2.78. The van der Waals surface area contributed by atoms with Crippen molar-refractivity contribution in [2.45, 2.75) is 41.2 Å². The van der Waals surface area contributed by atoms with E-state index >= 15 is 0 Å². The van der Waals surface area contributed by atoms with Crippen molar-refractivity contribution in [1.82, 2.24) is 5.32 Å². The number of carbonyl (C=O) groups is 1. The van der Waals surface area contributed by atoms with Gasteiger partial charge in [-0.05, 0) is 43.4 Å². The number of carbonyl (C=O) groups excluding carboxylic acids is 1. The molecule has 0 spiro atoms. The molecule has 102 valence electrons. The molecule has 0 aromatic heterocycles. The second kappa shape index (κ2) is 6.38. The highest BCUT2D eigenvalue weighted by Crippen LogP contribution is 2.17. The summed E-state index contributed by atoms with van der Waals surface area (Å²) >= 11 is 0. The van der Waals surface area contributed by atoms with E-state index in [1.807, 2.05) is 27.7 Å². The molecule has 1 unspecified atom stereocenters. The summed E-state index contributed by atoms with van der Waals surface area (Å²) in [4.78, 5) is 11.9. The van der Waals surface area contributed by atoms with Crippen molar-refractivity contribution < 1.29 is 4.79 Å². The maximum absolute atomic E-state index is 11.9. The van der Waals surface area contributed by atoms with E-state index in [9.17, 15) is 4.79 Å². The van der Waals surface area contributed by atoms with Crippen LogP contribution in [0.25, 0.3) is 0 Å². The molecule has 1 atom stereocenters. The minimum absolute atomic E-state index is 0.0326. The van der Waals surface area contributed by atoms with Gasteiger partial charge in [-0.3, -0.25) is 4.79 Å². The summed E-state index contributed by atoms with van der Waals surface area (Å²) in [5.74, 6) is -0.729. The first-order chi connectivity index (χ1) is 8.86. The van der Waals surface area contributed by atoms with Crippen LogP contribution in [-0.2, 0) is 11.3 Å². The van der Waals surface area contributed by atoms with Gasteiger partial charge in [-0.25, -0.2) is 0 Å². The number of hydrogen-bond acceptors (Lipinski definition) is 2. The van der Waals surface area contributed by atoms with E-state index in [1.165, 1.54) is 16.7 Å². The molecule has 1 aromatic carbocycles. The number of aryl methyl sites for hydroxylation is 3. The molecule has 1 amide bonds. The Bertz CT molecular complexity index is 489. The van der Waals surface area contributed by atoms with Crippen LogP contribution in [0.15, 0.2) is 12.1 Å². The molecule has 0 saturated carbocycles. The van der Waals surface area contributed by atoms with Gasteiger partial charge in [0.25, 0.3) is 0 Å². The summed E-state index contributed by atoms with van der Waals surface area (Å²) in [7, 11) is 0. The van der Waals surface area contributed by atoms with Crippen molar-refractivity contribution in [3.63, 3.8) is 0 Å². The topological polar surface area (TPSA) is 52.9 Å². The van der Waals surface area contributed by atoms with E-state index in [4.69, 9.17) is 5.26 Å². The van der Waals surface area contributed by atoms with Crippen LogP contribution in [0, 0.1) is 43.9 Å². The lowest BCUT2D eigenvalue weighted by molar-refractivity contribution is -0.124. The van der Waals surface area contributed by atoms with Gasteiger partial charge in [0, 0.05) is 6.54 Å². The molecule has 1 N–H and O–H groups in total. The lowest BCUT2D eigenvalue weighted by Crippen LogP contribution is -2.32. The van der Waals surface area contributed by atoms with Crippen LogP contribution in [0.2, 0.25) is 0 Å². The molecule has 0 bridgehead atoms. The van der Waals surface area contributed by atoms with Gasteiger partial charge in [-0.1, -0.05) is 31.5 Å². The van der Waals surface area contributed by atoms with E-state index in [2.05, 4.69) is 30.4 Å². The first-order valence-electron chi connectivity index (χ1n) is 6.60. The zero-order chi connectivity index (χ0) is 14.6. The van der Waals surface area contributed by atoms with E-state index in [0.717, 1.165) is 5.56 Å². The van der Waals surface area contributed by atoms with Gasteiger partial charge in [-0.15, -0.1) is 0 Å². The number of hydrogen-bond donors (Lipinski definition) is 1. The number of amides is 1. The van der Waals surface area contributed by atoms with Crippen LogP contribution in [0.3, 0.4) is 0 Å². The molecule has 1 aromatic rings. The second-order valence-corrected chi connectivity index (χ2v) is 5.45. The van der Waals surface area contributed by atoms with Gasteiger partial charge < -0.3 is 5.32 Å². The zero-order valence-corrected chi connectivity index (χ0v) is 12.4. The number of benzene rings is 1. The first-order valence-corrected chi connectivity index (χ1v) is 6.60. The zero-order valence-electron chi connectivity index (χ0n) is 12.4. The Kier molecular flexibility index (Phi) is 5.11. The third kappa shape index (κ3) is 3.82. The lowest BCUT2D eigenvalue weighted by atomic mass is 9.96. The highest BCUT2D eigenvalue weighted by Gasteiger charge is 2.21. The summed E-state index contributed by atoms with van der Waals surface area (Å²) in [5.41, 5.74) is 4.72. The van der Waals surface area contributed by atoms with Crippen molar-refractivity contribution >= 4 is 5.91 Å². The van der Waals surface area contributed by atoms with E-state index < -0.39 is 5.92 Å². The average molecular weight is 258 g/mol. The minimum Gasteiger partial charge on any atom is -0.351 e. The molecule has 3 nitrogen and oxygen atoms in total. The Morgan fingerprint density at radius 3 is 2.21 bits per heavy atom. The fourth-order valence-electron chi connectivity index (χ4n) is 2.28. The molecule has 0 radical (unpaired) electrons. The third-order valence-electron chi connectivity index (χ3n) is 3.37. The van der Waals surface area contributed by atoms with Gasteiger partial charge in [0.05, 0.1) is 6.07 Å². The van der Waals surface area contributed by atoms with Crippen molar-refractivity contribution in [3.05, 3.63) is 34.4 Å². The molecule has 0 saturated heterocycles. The third-order valence-corrected chi connectivity index (χ3v) is 3.37. The smallest absolute Gasteiger partial charge is 0.237 e. The van der Waals surface area contributed by atoms with Crippen LogP contribution >= 0.6 is 0 Å². The molecular formula is C16H22N2O. The molecule has 1 rings (SSSR count). The van der Waals surface area contributed by atoms with Crippen LogP contribution in [-0.4, -0.2) is 5.91 Å². The van der Waals surface area contributed by atoms with E-state index in [1.54, 1.807) is 0 Å². The second-order valence-electron chi connectivity index (χ2n) is 5.45. The standard InChI is InChI=1S/C16H22N2O/c1-10(2)14(8-17)16(19)18-9-15-12(4)6-11(3)7-13(15)5/h6-7,10,14H,9H2,1-5H3,(H,18,19). The SMILES string of the molecule is Cc1cc(C)c(CNC(=O)C(C#N)C(C)C)c(C)c1. The largest absolute Gasteiger partial charge is 0.351 e. The number of nitrogens with one attached hydrogen (secondary N) is 1. The first kappa shape index (κ1) is 15.2. The fraction of sp³-hybridized carbons (Fsp3) is 0.500. The molecule has 19 heavy (non-hydrogen) atoms. The van der Waals surface area contributed by atoms with Gasteiger partial charge in [0.2, 0.25) is 5.91 Å². The predicted octanol–water partition coefficient (Wildman–Crippen LogP) is 3.02. The van der Waals surface area contributed by atoms with E-state index in [-0.39, 0.29) is 11.8 Å². The number of nitrogens with zero attached hydrogens (tertiary/aromatic N) is 1. The van der Waals surface area contributed by atoms with Crippen molar-refractivity contribution in [2.75, 3.05) is 0 Å². The summed E-state index contributed by atoms with van der Waals surface area (Å²) < 4.78 is 0. The summed E-state index contributed by atoms with van der Waals surface area (Å²) in [6.07, 6.45) is 0. The van der Waals surface area contributed by atoms with Crippen LogP contribution in [0.5, 0.6) is 0 Å². The molecule has 0 aliphatic carbocycles. The molecule has 0 aliphatic rings. The van der Waals surface area contributed by atoms with Gasteiger partial charge in [-0.2, -0.15) is 5.26 Å². The lowest BCUT2D eigenvalue weighted by Gasteiger charge is -2.16. The summed E-state index contributed by atoms with van der Waals surface area (Å²) in [6, 6.07) is 6.28. The van der Waals surface area contributed by atoms with Crippen LogP contribution in [0.1, 0.15) is 36.1 Å². The van der Waals surface area contributed by atoms with Gasteiger partial charge in [0.15, 0.2) is 0 Å². The van der Waals surface area contributed by atoms with Crippen LogP contribution < -0.4 is 5.32 Å². The van der Waals surface area contributed by atoms with Crippen molar-refractivity contribution in [2.24, 2.45) is 11.8 Å². The summed E-state index contributed by atoms with van der Waals surface area (Å²) in [5, 5.41) is 11.9. The highest BCUT2D eigenvalue weighted by atomic mass is 16.1. The van der Waals surface area contributed by atoms with Crippen molar-refractivity contribution in [3.8, 4) is 6.07 Å². The Morgan fingerprint density at radius 1 is 1.26 bits per heavy atom. The maximum Gasteiger partial charge on any atom is 0.237 e. The quantitative estimate of drug-likeness (QED) is 0.902. The Labute approximate surface area is 115 Å². The van der Waals surface area contributed by atoms with Crippen molar-refractivity contribution in [1.29, 1.82) is 5.26 Å². The molecule has 3 heteroatoms. The van der Waals surface area contributed by atoms with Crippen LogP contribution in [0.4, 0.5) is 0 Å². The number of rotatable bonds is 4. The fourth-order valence-corrected chi connectivity index (χ4v) is 2.28. The maximum atomic E-state index is 11.9. The van der Waals surface area contributed by atoms with Gasteiger partial charge >= 0.3 is 0 Å². The van der Waals surface area contributed by atoms with Gasteiger partial charge in [0.1, 0.15) is 5.92 Å². The highest BCUT2D eigenvalue weighted by molar-refractivity contribution is 5.81.